The quantitative estimate of drug-likeness (QED) is 0.606. The second-order valence-corrected chi connectivity index (χ2v) is 8.21. The maximum Gasteiger partial charge on any atom is 0.408 e. The van der Waals surface area contributed by atoms with Crippen molar-refractivity contribution in [3.05, 3.63) is 63.6 Å². The molecule has 160 valence electrons. The number of hydrogen-bond acceptors (Lipinski definition) is 4. The molecule has 0 heterocycles. The summed E-state index contributed by atoms with van der Waals surface area (Å²) in [6.07, 6.45) is -0.684. The van der Waals surface area contributed by atoms with Crippen LogP contribution in [0.1, 0.15) is 36.7 Å². The van der Waals surface area contributed by atoms with Crippen molar-refractivity contribution in [2.24, 2.45) is 0 Å². The number of alkyl carbamates (subject to hydrolysis) is 1. The lowest BCUT2D eigenvalue weighted by atomic mass is 10.1. The topological polar surface area (TPSA) is 96.5 Å². The summed E-state index contributed by atoms with van der Waals surface area (Å²) in [5.74, 6) is -0.826. The van der Waals surface area contributed by atoms with Crippen LogP contribution in [0, 0.1) is 0 Å². The predicted octanol–water partition coefficient (Wildman–Crippen LogP) is 4.39. The Morgan fingerprint density at radius 3 is 2.40 bits per heavy atom. The van der Waals surface area contributed by atoms with Gasteiger partial charge in [-0.15, -0.1) is 0 Å². The fraction of sp³-hybridized carbons (Fsp3) is 0.286. The van der Waals surface area contributed by atoms with E-state index in [-0.39, 0.29) is 23.7 Å². The number of rotatable bonds is 6. The first-order chi connectivity index (χ1) is 14.0. The average molecular weight is 452 g/mol. The lowest BCUT2D eigenvalue weighted by molar-refractivity contribution is -0.115. The van der Waals surface area contributed by atoms with Gasteiger partial charge in [0, 0.05) is 17.3 Å². The minimum Gasteiger partial charge on any atom is -0.444 e. The van der Waals surface area contributed by atoms with Crippen molar-refractivity contribution in [3.8, 4) is 0 Å². The molecule has 2 rings (SSSR count). The molecule has 2 aromatic carbocycles. The van der Waals surface area contributed by atoms with E-state index < -0.39 is 23.5 Å². The van der Waals surface area contributed by atoms with E-state index in [9.17, 15) is 14.4 Å². The third-order valence-electron chi connectivity index (χ3n) is 3.70. The molecule has 3 N–H and O–H groups in total. The summed E-state index contributed by atoms with van der Waals surface area (Å²) in [5.41, 5.74) is 0.782. The van der Waals surface area contributed by atoms with Crippen molar-refractivity contribution in [2.75, 3.05) is 11.9 Å². The van der Waals surface area contributed by atoms with E-state index in [1.165, 1.54) is 6.07 Å². The molecule has 0 saturated heterocycles. The van der Waals surface area contributed by atoms with E-state index in [0.29, 0.717) is 16.3 Å². The van der Waals surface area contributed by atoms with Crippen LogP contribution in [0.3, 0.4) is 0 Å². The molecule has 7 nitrogen and oxygen atoms in total. The predicted molar refractivity (Wildman–Crippen MR) is 117 cm³/mol. The highest BCUT2D eigenvalue weighted by Gasteiger charge is 2.17. The monoisotopic (exact) mass is 451 g/mol. The average Bonchev–Trinajstić information content (AvgIpc) is 2.66. The molecule has 0 fully saturated rings. The smallest absolute Gasteiger partial charge is 0.408 e. The van der Waals surface area contributed by atoms with Crippen molar-refractivity contribution in [2.45, 2.75) is 32.9 Å². The summed E-state index contributed by atoms with van der Waals surface area (Å²) < 4.78 is 5.09. The Labute approximate surface area is 185 Å². The summed E-state index contributed by atoms with van der Waals surface area (Å²) in [7, 11) is 0. The van der Waals surface area contributed by atoms with Crippen molar-refractivity contribution in [1.29, 1.82) is 0 Å². The van der Waals surface area contributed by atoms with Crippen LogP contribution in [-0.4, -0.2) is 30.1 Å². The number of ether oxygens (including phenoxy) is 1. The maximum absolute atomic E-state index is 12.4. The number of anilines is 1. The molecule has 3 amide bonds. The van der Waals surface area contributed by atoms with Crippen LogP contribution in [0.4, 0.5) is 10.5 Å². The second kappa shape index (κ2) is 10.3. The van der Waals surface area contributed by atoms with Crippen LogP contribution < -0.4 is 16.0 Å². The lowest BCUT2D eigenvalue weighted by Gasteiger charge is -2.19. The Morgan fingerprint density at radius 2 is 1.70 bits per heavy atom. The SMILES string of the molecule is CC(C)(C)OC(=O)NCC(=O)Nc1ccccc1CNC(=O)c1cc(Cl)ccc1Cl. The summed E-state index contributed by atoms with van der Waals surface area (Å²) >= 11 is 12.0. The third-order valence-corrected chi connectivity index (χ3v) is 4.26. The van der Waals surface area contributed by atoms with Crippen molar-refractivity contribution in [1.82, 2.24) is 10.6 Å². The molecular formula is C21H23Cl2N3O4. The highest BCUT2D eigenvalue weighted by molar-refractivity contribution is 6.35. The first-order valence-corrected chi connectivity index (χ1v) is 9.88. The third kappa shape index (κ3) is 7.57. The van der Waals surface area contributed by atoms with Gasteiger partial charge in [-0.1, -0.05) is 41.4 Å². The first kappa shape index (κ1) is 23.5. The molecular weight excluding hydrogens is 429 g/mol. The standard InChI is InChI=1S/C21H23Cl2N3O4/c1-21(2,3)30-20(29)25-12-18(27)26-17-7-5-4-6-13(17)11-24-19(28)15-10-14(22)8-9-16(15)23/h4-10H,11-12H2,1-3H3,(H,24,28)(H,25,29)(H,26,27). The van der Waals surface area contributed by atoms with Gasteiger partial charge in [0.1, 0.15) is 12.1 Å². The maximum atomic E-state index is 12.4. The van der Waals surface area contributed by atoms with Gasteiger partial charge in [-0.05, 0) is 50.6 Å². The number of amides is 3. The van der Waals surface area contributed by atoms with Crippen LogP contribution in [0.5, 0.6) is 0 Å². The number of benzene rings is 2. The van der Waals surface area contributed by atoms with Gasteiger partial charge in [-0.2, -0.15) is 0 Å². The first-order valence-electron chi connectivity index (χ1n) is 9.13. The van der Waals surface area contributed by atoms with Gasteiger partial charge in [-0.25, -0.2) is 4.79 Å². The molecule has 9 heteroatoms. The van der Waals surface area contributed by atoms with Crippen molar-refractivity contribution >= 4 is 46.8 Å². The second-order valence-electron chi connectivity index (χ2n) is 7.37. The van der Waals surface area contributed by atoms with Crippen LogP contribution in [0.15, 0.2) is 42.5 Å². The van der Waals surface area contributed by atoms with Crippen LogP contribution in [0.25, 0.3) is 0 Å². The minimum absolute atomic E-state index is 0.150. The highest BCUT2D eigenvalue weighted by Crippen LogP contribution is 2.21. The molecule has 0 radical (unpaired) electrons. The van der Waals surface area contributed by atoms with Gasteiger partial charge in [0.25, 0.3) is 5.91 Å². The molecule has 0 unspecified atom stereocenters. The zero-order valence-electron chi connectivity index (χ0n) is 16.8. The molecule has 0 atom stereocenters. The highest BCUT2D eigenvalue weighted by atomic mass is 35.5. The molecule has 0 bridgehead atoms. The number of carbonyl (C=O) groups excluding carboxylic acids is 3. The van der Waals surface area contributed by atoms with E-state index in [4.69, 9.17) is 27.9 Å². The van der Waals surface area contributed by atoms with Gasteiger partial charge in [-0.3, -0.25) is 9.59 Å². The van der Waals surface area contributed by atoms with Crippen molar-refractivity contribution < 1.29 is 19.1 Å². The van der Waals surface area contributed by atoms with E-state index in [1.54, 1.807) is 57.2 Å². The Bertz CT molecular complexity index is 942. The summed E-state index contributed by atoms with van der Waals surface area (Å²) in [6, 6.07) is 11.6. The summed E-state index contributed by atoms with van der Waals surface area (Å²) in [5, 5.41) is 8.53. The molecule has 0 aliphatic carbocycles. The number of carbonyl (C=O) groups is 3. The summed E-state index contributed by atoms with van der Waals surface area (Å²) in [4.78, 5) is 36.3. The fourth-order valence-electron chi connectivity index (χ4n) is 2.40. The van der Waals surface area contributed by atoms with Crippen LogP contribution in [-0.2, 0) is 16.1 Å². The lowest BCUT2D eigenvalue weighted by Crippen LogP contribution is -2.37. The summed E-state index contributed by atoms with van der Waals surface area (Å²) in [6.45, 7) is 5.08. The van der Waals surface area contributed by atoms with Gasteiger partial charge in [0.2, 0.25) is 5.91 Å². The van der Waals surface area contributed by atoms with Gasteiger partial charge >= 0.3 is 6.09 Å². The zero-order chi connectivity index (χ0) is 22.3. The molecule has 0 aliphatic heterocycles. The van der Waals surface area contributed by atoms with Gasteiger partial charge < -0.3 is 20.7 Å². The van der Waals surface area contributed by atoms with E-state index >= 15 is 0 Å². The normalized spacial score (nSPS) is 10.8. The van der Waals surface area contributed by atoms with Gasteiger partial charge in [0.15, 0.2) is 0 Å². The number of halogens is 2. The van der Waals surface area contributed by atoms with E-state index in [0.717, 1.165) is 0 Å². The van der Waals surface area contributed by atoms with Crippen molar-refractivity contribution in [3.63, 3.8) is 0 Å². The van der Waals surface area contributed by atoms with E-state index in [2.05, 4.69) is 16.0 Å². The zero-order valence-corrected chi connectivity index (χ0v) is 18.4. The van der Waals surface area contributed by atoms with E-state index in [1.807, 2.05) is 0 Å². The Morgan fingerprint density at radius 1 is 1.00 bits per heavy atom. The molecule has 2 aromatic rings. The molecule has 30 heavy (non-hydrogen) atoms. The van der Waals surface area contributed by atoms with Gasteiger partial charge in [0.05, 0.1) is 10.6 Å². The Kier molecular flexibility index (Phi) is 8.08. The Balaban J connectivity index is 1.95. The fourth-order valence-corrected chi connectivity index (χ4v) is 2.78. The van der Waals surface area contributed by atoms with Crippen LogP contribution in [0.2, 0.25) is 10.0 Å². The number of hydrogen-bond donors (Lipinski definition) is 3. The molecule has 0 spiro atoms. The minimum atomic E-state index is -0.684. The largest absolute Gasteiger partial charge is 0.444 e. The molecule has 0 aromatic heterocycles. The number of nitrogens with one attached hydrogen (secondary N) is 3. The Hall–Kier alpha value is -2.77. The molecule has 0 saturated carbocycles. The molecule has 0 aliphatic rings. The van der Waals surface area contributed by atoms with Crippen LogP contribution >= 0.6 is 23.2 Å². The number of para-hydroxylation sites is 1.